The van der Waals surface area contributed by atoms with E-state index in [9.17, 15) is 13.2 Å². The number of sulfonamides is 1. The van der Waals surface area contributed by atoms with E-state index in [2.05, 4.69) is 24.3 Å². The lowest BCUT2D eigenvalue weighted by molar-refractivity contribution is -0.0440. The first-order valence-electron chi connectivity index (χ1n) is 10.4. The molecule has 1 aromatic carbocycles. The Hall–Kier alpha value is -1.48. The van der Waals surface area contributed by atoms with Gasteiger partial charge >= 0.3 is 0 Å². The molecule has 1 heterocycles. The van der Waals surface area contributed by atoms with Gasteiger partial charge in [0.05, 0.1) is 17.1 Å². The van der Waals surface area contributed by atoms with Crippen molar-refractivity contribution in [3.8, 4) is 0 Å². The van der Waals surface area contributed by atoms with Crippen molar-refractivity contribution in [3.05, 3.63) is 29.8 Å². The Morgan fingerprint density at radius 3 is 2.41 bits per heavy atom. The van der Waals surface area contributed by atoms with E-state index in [1.165, 1.54) is 10.4 Å². The van der Waals surface area contributed by atoms with Crippen LogP contribution >= 0.6 is 0 Å². The van der Waals surface area contributed by atoms with Gasteiger partial charge in [0, 0.05) is 30.7 Å². The van der Waals surface area contributed by atoms with Gasteiger partial charge in [-0.3, -0.25) is 4.79 Å². The largest absolute Gasteiger partial charge is 0.373 e. The van der Waals surface area contributed by atoms with Crippen LogP contribution in [0.4, 0.5) is 0 Å². The van der Waals surface area contributed by atoms with Crippen LogP contribution in [0, 0.1) is 0 Å². The molecule has 1 aliphatic carbocycles. The van der Waals surface area contributed by atoms with Crippen LogP contribution in [0.2, 0.25) is 0 Å². The van der Waals surface area contributed by atoms with Gasteiger partial charge in [0.25, 0.3) is 5.91 Å². The zero-order chi connectivity index (χ0) is 21.2. The predicted molar refractivity (Wildman–Crippen MR) is 112 cm³/mol. The third-order valence-corrected chi connectivity index (χ3v) is 8.01. The summed E-state index contributed by atoms with van der Waals surface area (Å²) in [6.45, 7) is 4.93. The van der Waals surface area contributed by atoms with Gasteiger partial charge in [0.2, 0.25) is 10.0 Å². The number of likely N-dealkylation sites (N-methyl/N-ethyl adjacent to an activating group) is 1. The van der Waals surface area contributed by atoms with Crippen LogP contribution in [0.3, 0.4) is 0 Å². The van der Waals surface area contributed by atoms with E-state index >= 15 is 0 Å². The van der Waals surface area contributed by atoms with Crippen LogP contribution < -0.4 is 5.32 Å². The predicted octanol–water partition coefficient (Wildman–Crippen LogP) is 2.09. The summed E-state index contributed by atoms with van der Waals surface area (Å²) in [7, 11) is 0.426. The van der Waals surface area contributed by atoms with E-state index in [0.717, 1.165) is 25.7 Å². The van der Waals surface area contributed by atoms with E-state index in [-0.39, 0.29) is 28.5 Å². The van der Waals surface area contributed by atoms with Crippen LogP contribution in [0.1, 0.15) is 49.9 Å². The van der Waals surface area contributed by atoms with Gasteiger partial charge in [-0.15, -0.1) is 0 Å². The second-order valence-corrected chi connectivity index (χ2v) is 10.6. The van der Waals surface area contributed by atoms with Gasteiger partial charge in [0.15, 0.2) is 0 Å². The van der Waals surface area contributed by atoms with Crippen molar-refractivity contribution in [3.63, 3.8) is 0 Å². The Labute approximate surface area is 174 Å². The molecule has 7 nitrogen and oxygen atoms in total. The minimum Gasteiger partial charge on any atom is -0.373 e. The maximum atomic E-state index is 13.1. The number of ether oxygens (including phenoxy) is 1. The molecule has 1 saturated carbocycles. The average molecular weight is 424 g/mol. The summed E-state index contributed by atoms with van der Waals surface area (Å²) in [5, 5.41) is 3.03. The van der Waals surface area contributed by atoms with Crippen LogP contribution in [-0.2, 0) is 14.8 Å². The number of carbonyl (C=O) groups is 1. The van der Waals surface area contributed by atoms with Crippen molar-refractivity contribution < 1.29 is 17.9 Å². The molecule has 3 rings (SSSR count). The van der Waals surface area contributed by atoms with Crippen molar-refractivity contribution in [1.29, 1.82) is 0 Å². The summed E-state index contributed by atoms with van der Waals surface area (Å²) in [5.41, 5.74) is 0.353. The molecule has 2 fully saturated rings. The number of nitrogens with zero attached hydrogens (tertiary/aromatic N) is 2. The van der Waals surface area contributed by atoms with Crippen molar-refractivity contribution in [2.24, 2.45) is 0 Å². The fourth-order valence-electron chi connectivity index (χ4n) is 4.44. The third kappa shape index (κ3) is 4.82. The topological polar surface area (TPSA) is 79.0 Å². The van der Waals surface area contributed by atoms with Crippen molar-refractivity contribution in [1.82, 2.24) is 14.5 Å². The molecular formula is C21H33N3O4S. The lowest BCUT2D eigenvalue weighted by Crippen LogP contribution is -2.50. The number of benzene rings is 1. The number of amides is 1. The zero-order valence-electron chi connectivity index (χ0n) is 17.8. The number of morpholine rings is 1. The highest BCUT2D eigenvalue weighted by Crippen LogP contribution is 2.33. The number of hydrogen-bond donors (Lipinski definition) is 1. The molecule has 1 saturated heterocycles. The quantitative estimate of drug-likeness (QED) is 0.758. The highest BCUT2D eigenvalue weighted by atomic mass is 32.2. The van der Waals surface area contributed by atoms with E-state index < -0.39 is 10.0 Å². The van der Waals surface area contributed by atoms with Crippen LogP contribution in [0.15, 0.2) is 29.2 Å². The Kier molecular flexibility index (Phi) is 6.67. The number of carbonyl (C=O) groups excluding carboxylic acids is 1. The maximum Gasteiger partial charge on any atom is 0.251 e. The molecule has 2 atom stereocenters. The molecule has 2 aliphatic rings. The fourth-order valence-corrected chi connectivity index (χ4v) is 6.07. The van der Waals surface area contributed by atoms with Crippen molar-refractivity contribution >= 4 is 15.9 Å². The second-order valence-electron chi connectivity index (χ2n) is 8.62. The summed E-state index contributed by atoms with van der Waals surface area (Å²) in [5.74, 6) is -0.237. The Morgan fingerprint density at radius 2 is 1.83 bits per heavy atom. The number of rotatable bonds is 6. The molecule has 29 heavy (non-hydrogen) atoms. The zero-order valence-corrected chi connectivity index (χ0v) is 18.7. The first kappa shape index (κ1) is 22.2. The molecule has 2 unspecified atom stereocenters. The minimum absolute atomic E-state index is 0.0145. The molecule has 1 amide bonds. The maximum absolute atomic E-state index is 13.1. The number of nitrogens with one attached hydrogen (secondary N) is 1. The molecule has 0 spiro atoms. The van der Waals surface area contributed by atoms with Crippen LogP contribution in [0.25, 0.3) is 0 Å². The summed E-state index contributed by atoms with van der Waals surface area (Å²) in [6.07, 6.45) is 4.13. The lowest BCUT2D eigenvalue weighted by Gasteiger charge is -2.36. The van der Waals surface area contributed by atoms with Crippen LogP contribution in [-0.4, -0.2) is 75.0 Å². The molecule has 8 heteroatoms. The molecule has 0 bridgehead atoms. The molecule has 0 radical (unpaired) electrons. The summed E-state index contributed by atoms with van der Waals surface area (Å²) < 4.78 is 33.3. The van der Waals surface area contributed by atoms with E-state index in [0.29, 0.717) is 25.2 Å². The third-order valence-electron chi connectivity index (χ3n) is 6.18. The lowest BCUT2D eigenvalue weighted by atomic mass is 9.96. The first-order valence-corrected chi connectivity index (χ1v) is 11.8. The van der Waals surface area contributed by atoms with Gasteiger partial charge in [-0.25, -0.2) is 8.42 Å². The van der Waals surface area contributed by atoms with Crippen molar-refractivity contribution in [2.75, 3.05) is 33.7 Å². The van der Waals surface area contributed by atoms with E-state index in [4.69, 9.17) is 4.74 Å². The Morgan fingerprint density at radius 1 is 1.21 bits per heavy atom. The summed E-state index contributed by atoms with van der Waals surface area (Å²) in [4.78, 5) is 15.1. The Bertz CT molecular complexity index is 824. The fraction of sp³-hybridized carbons (Fsp3) is 0.667. The Balaban J connectivity index is 1.74. The molecular weight excluding hydrogens is 390 g/mol. The molecule has 1 aromatic rings. The smallest absolute Gasteiger partial charge is 0.251 e. The monoisotopic (exact) mass is 423 g/mol. The van der Waals surface area contributed by atoms with Gasteiger partial charge in [-0.05, 0) is 59.0 Å². The van der Waals surface area contributed by atoms with Gasteiger partial charge < -0.3 is 15.0 Å². The normalized spacial score (nSPS) is 25.3. The minimum atomic E-state index is -3.67. The van der Waals surface area contributed by atoms with E-state index in [1.54, 1.807) is 18.2 Å². The van der Waals surface area contributed by atoms with E-state index in [1.807, 2.05) is 13.8 Å². The second kappa shape index (κ2) is 8.71. The summed E-state index contributed by atoms with van der Waals surface area (Å²) >= 11 is 0. The van der Waals surface area contributed by atoms with Gasteiger partial charge in [-0.2, -0.15) is 4.31 Å². The molecule has 162 valence electrons. The summed E-state index contributed by atoms with van der Waals surface area (Å²) in [6, 6.07) is 6.32. The standard InChI is InChI=1S/C21H33N3O4S/c1-16-13-24(14-17(2)28-16)29(26,27)19-9-7-8-18(12-19)20(25)22-15-21(23(3)4)10-5-6-11-21/h7-9,12,16-17H,5-6,10-11,13-15H2,1-4H3,(H,22,25). The highest BCUT2D eigenvalue weighted by Gasteiger charge is 2.36. The average Bonchev–Trinajstić information content (AvgIpc) is 3.16. The van der Waals surface area contributed by atoms with Gasteiger partial charge in [0.1, 0.15) is 0 Å². The molecule has 0 aromatic heterocycles. The van der Waals surface area contributed by atoms with Gasteiger partial charge in [-0.1, -0.05) is 18.9 Å². The molecule has 1 N–H and O–H groups in total. The highest BCUT2D eigenvalue weighted by molar-refractivity contribution is 7.89. The number of hydrogen-bond acceptors (Lipinski definition) is 5. The SMILES string of the molecule is CC1CN(S(=O)(=O)c2cccc(C(=O)NCC3(N(C)C)CCCC3)c2)CC(C)O1. The first-order chi connectivity index (χ1) is 13.6. The van der Waals surface area contributed by atoms with Crippen LogP contribution in [0.5, 0.6) is 0 Å². The molecule has 1 aliphatic heterocycles. The van der Waals surface area contributed by atoms with Crippen molar-refractivity contribution in [2.45, 2.75) is 62.2 Å².